The van der Waals surface area contributed by atoms with Crippen LogP contribution in [0.25, 0.3) is 0 Å². The van der Waals surface area contributed by atoms with Crippen LogP contribution in [-0.4, -0.2) is 27.0 Å². The van der Waals surface area contributed by atoms with Crippen molar-refractivity contribution in [3.05, 3.63) is 0 Å². The van der Waals surface area contributed by atoms with Gasteiger partial charge in [0, 0.05) is 6.54 Å². The van der Waals surface area contributed by atoms with Crippen LogP contribution in [0.5, 0.6) is 0 Å². The van der Waals surface area contributed by atoms with Crippen LogP contribution in [0.15, 0.2) is 0 Å². The van der Waals surface area contributed by atoms with E-state index in [1.807, 2.05) is 0 Å². The molecule has 0 aliphatic rings. The van der Waals surface area contributed by atoms with Gasteiger partial charge < -0.3 is 0 Å². The Hall–Kier alpha value is 0.970. The smallest absolute Gasteiger partial charge is 0.0344 e. The first-order valence-electron chi connectivity index (χ1n) is 4.92. The van der Waals surface area contributed by atoms with E-state index in [4.69, 9.17) is 23.6 Å². The molecule has 0 saturated heterocycles. The zero-order chi connectivity index (χ0) is 11.6. The molecular formula is C10H22Cl2NP. The highest BCUT2D eigenvalue weighted by Crippen LogP contribution is 2.58. The Morgan fingerprint density at radius 3 is 1.50 bits per heavy atom. The van der Waals surface area contributed by atoms with E-state index in [0.717, 1.165) is 12.7 Å². The largest absolute Gasteiger partial charge is 0.131 e. The predicted octanol–water partition coefficient (Wildman–Crippen LogP) is 4.67. The number of rotatable bonds is 3. The predicted molar refractivity (Wildman–Crippen MR) is 69.7 cm³/mol. The highest BCUT2D eigenvalue weighted by atomic mass is 35.5. The Morgan fingerprint density at radius 2 is 1.29 bits per heavy atom. The van der Waals surface area contributed by atoms with E-state index in [9.17, 15) is 0 Å². The van der Waals surface area contributed by atoms with E-state index in [-0.39, 0.29) is 7.92 Å². The van der Waals surface area contributed by atoms with Crippen molar-refractivity contribution in [3.63, 3.8) is 0 Å². The summed E-state index contributed by atoms with van der Waals surface area (Å²) in [6.45, 7) is 14.6. The lowest BCUT2D eigenvalue weighted by atomic mass is 10.2. The molecule has 0 spiro atoms. The molecule has 0 aromatic carbocycles. The highest BCUT2D eigenvalue weighted by molar-refractivity contribution is 7.60. The van der Waals surface area contributed by atoms with Crippen molar-refractivity contribution in [2.24, 2.45) is 0 Å². The van der Waals surface area contributed by atoms with Gasteiger partial charge >= 0.3 is 0 Å². The summed E-state index contributed by atoms with van der Waals surface area (Å²) in [5, 5.41) is 0.717. The number of halogens is 2. The van der Waals surface area contributed by atoms with Crippen LogP contribution in [0.1, 0.15) is 41.5 Å². The summed E-state index contributed by atoms with van der Waals surface area (Å²) in [5.74, 6) is 0. The molecule has 0 amide bonds. The number of hydrogen-bond donors (Lipinski definition) is 0. The lowest BCUT2D eigenvalue weighted by Crippen LogP contribution is -2.28. The molecule has 0 heterocycles. The summed E-state index contributed by atoms with van der Waals surface area (Å²) in [6.07, 6.45) is 1.09. The second kappa shape index (κ2) is 5.34. The Bertz CT molecular complexity index is 156. The first kappa shape index (κ1) is 15.0. The molecule has 0 unspecified atom stereocenters. The van der Waals surface area contributed by atoms with E-state index in [0.29, 0.717) is 10.3 Å². The molecule has 0 aliphatic carbocycles. The van der Waals surface area contributed by atoms with Gasteiger partial charge in [-0.05, 0) is 40.0 Å². The second-order valence-electron chi connectivity index (χ2n) is 5.52. The van der Waals surface area contributed by atoms with Gasteiger partial charge in [-0.3, -0.25) is 0 Å². The van der Waals surface area contributed by atoms with Gasteiger partial charge in [-0.15, -0.1) is 3.94 Å². The number of hydrogen-bond acceptors (Lipinski definition) is 1. The van der Waals surface area contributed by atoms with Gasteiger partial charge in [-0.2, -0.15) is 0 Å². The maximum absolute atomic E-state index is 5.63. The van der Waals surface area contributed by atoms with Crippen molar-refractivity contribution >= 4 is 31.5 Å². The summed E-state index contributed by atoms with van der Waals surface area (Å²) in [6, 6.07) is 0. The van der Waals surface area contributed by atoms with Gasteiger partial charge in [-0.25, -0.2) is 0 Å². The van der Waals surface area contributed by atoms with E-state index in [2.05, 4.69) is 41.5 Å². The van der Waals surface area contributed by atoms with Crippen molar-refractivity contribution in [1.29, 1.82) is 0 Å². The molecule has 86 valence electrons. The third-order valence-corrected chi connectivity index (χ3v) is 6.34. The van der Waals surface area contributed by atoms with Crippen LogP contribution in [0.3, 0.4) is 0 Å². The van der Waals surface area contributed by atoms with Crippen molar-refractivity contribution in [2.45, 2.75) is 51.9 Å². The van der Waals surface area contributed by atoms with Crippen LogP contribution in [-0.2, 0) is 0 Å². The van der Waals surface area contributed by atoms with Crippen LogP contribution in [0.4, 0.5) is 0 Å². The Labute approximate surface area is 100 Å². The van der Waals surface area contributed by atoms with Gasteiger partial charge in [0.1, 0.15) is 0 Å². The molecule has 0 radical (unpaired) electrons. The molecule has 0 saturated carbocycles. The minimum Gasteiger partial charge on any atom is -0.131 e. The van der Waals surface area contributed by atoms with Crippen molar-refractivity contribution in [2.75, 3.05) is 12.7 Å². The normalized spacial score (nSPS) is 14.1. The zero-order valence-electron chi connectivity index (χ0n) is 10.1. The first-order valence-corrected chi connectivity index (χ1v) is 7.12. The van der Waals surface area contributed by atoms with Gasteiger partial charge in [0.25, 0.3) is 0 Å². The average Bonchev–Trinajstić information content (AvgIpc) is 1.78. The topological polar surface area (TPSA) is 3.24 Å². The van der Waals surface area contributed by atoms with Gasteiger partial charge in [-0.1, -0.05) is 49.5 Å². The van der Waals surface area contributed by atoms with Crippen LogP contribution in [0, 0.1) is 0 Å². The van der Waals surface area contributed by atoms with E-state index >= 15 is 0 Å². The summed E-state index contributed by atoms with van der Waals surface area (Å²) >= 11 is 11.3. The van der Waals surface area contributed by atoms with Crippen molar-refractivity contribution < 1.29 is 0 Å². The van der Waals surface area contributed by atoms with Gasteiger partial charge in [0.2, 0.25) is 0 Å². The van der Waals surface area contributed by atoms with Gasteiger partial charge in [0.05, 0.1) is 0 Å². The van der Waals surface area contributed by atoms with Crippen LogP contribution < -0.4 is 0 Å². The molecular weight excluding hydrogens is 236 g/mol. The minimum absolute atomic E-state index is 0.0858. The third kappa shape index (κ3) is 5.75. The van der Waals surface area contributed by atoms with Crippen LogP contribution >= 0.6 is 31.5 Å². The molecule has 0 fully saturated rings. The summed E-state index contributed by atoms with van der Waals surface area (Å²) in [4.78, 5) is 0. The lowest BCUT2D eigenvalue weighted by Gasteiger charge is -2.41. The number of nitrogens with zero attached hydrogens (tertiary/aromatic N) is 1. The molecule has 0 aromatic heterocycles. The molecule has 0 aromatic rings. The monoisotopic (exact) mass is 257 g/mol. The molecule has 0 atom stereocenters. The maximum Gasteiger partial charge on any atom is 0.0344 e. The minimum atomic E-state index is -0.0858. The van der Waals surface area contributed by atoms with E-state index in [1.54, 1.807) is 0 Å². The quantitative estimate of drug-likeness (QED) is 0.525. The summed E-state index contributed by atoms with van der Waals surface area (Å²) in [5.41, 5.74) is 0. The molecule has 14 heavy (non-hydrogen) atoms. The zero-order valence-corrected chi connectivity index (χ0v) is 12.5. The molecule has 0 aliphatic heterocycles. The third-order valence-electron chi connectivity index (χ3n) is 2.11. The maximum atomic E-state index is 5.63. The fourth-order valence-corrected chi connectivity index (χ4v) is 6.01. The molecule has 0 rings (SSSR count). The van der Waals surface area contributed by atoms with E-state index in [1.165, 1.54) is 3.94 Å². The Kier molecular flexibility index (Phi) is 5.71. The summed E-state index contributed by atoms with van der Waals surface area (Å²) in [7, 11) is -0.0858. The second-order valence-corrected chi connectivity index (χ2v) is 10.5. The average molecular weight is 258 g/mol. The van der Waals surface area contributed by atoms with Crippen LogP contribution in [0.2, 0.25) is 0 Å². The van der Waals surface area contributed by atoms with Gasteiger partial charge in [0.15, 0.2) is 0 Å². The Morgan fingerprint density at radius 1 is 0.929 bits per heavy atom. The van der Waals surface area contributed by atoms with E-state index < -0.39 is 0 Å². The Balaban J connectivity index is 4.44. The standard InChI is InChI=1S/C10H22Cl2NP/c1-9(2,3)14(10(4,5)6)8-7-13(11)12/h7-8H2,1-6H3. The van der Waals surface area contributed by atoms with Crippen molar-refractivity contribution in [3.8, 4) is 0 Å². The molecule has 0 N–H and O–H groups in total. The molecule has 0 bridgehead atoms. The SMILES string of the molecule is CC(C)(C)P(CCN(Cl)Cl)C(C)(C)C. The fourth-order valence-electron chi connectivity index (χ4n) is 1.85. The first-order chi connectivity index (χ1) is 6.05. The lowest BCUT2D eigenvalue weighted by molar-refractivity contribution is 0.682. The fraction of sp³-hybridized carbons (Fsp3) is 1.00. The highest BCUT2D eigenvalue weighted by Gasteiger charge is 2.33. The molecule has 1 nitrogen and oxygen atoms in total. The van der Waals surface area contributed by atoms with Crippen molar-refractivity contribution in [1.82, 2.24) is 3.94 Å². The molecule has 4 heteroatoms. The summed E-state index contributed by atoms with van der Waals surface area (Å²) < 4.78 is 1.24.